The van der Waals surface area contributed by atoms with Crippen LogP contribution in [-0.4, -0.2) is 41.0 Å². The number of aromatic amines is 1. The molecule has 5 nitrogen and oxygen atoms in total. The maximum atomic E-state index is 12.1. The topological polar surface area (TPSA) is 62.4 Å². The molecule has 1 aromatic heterocycles. The Balaban J connectivity index is 2.02. The van der Waals surface area contributed by atoms with Gasteiger partial charge in [0.2, 0.25) is 0 Å². The molecule has 0 unspecified atom stereocenters. The molecule has 2 rings (SSSR count). The van der Waals surface area contributed by atoms with Gasteiger partial charge in [0, 0.05) is 12.2 Å². The molecule has 5 heteroatoms. The highest BCUT2D eigenvalue weighted by atomic mass is 16.5. The van der Waals surface area contributed by atoms with Crippen LogP contribution in [0.5, 0.6) is 0 Å². The van der Waals surface area contributed by atoms with Gasteiger partial charge < -0.3 is 14.6 Å². The van der Waals surface area contributed by atoms with E-state index in [9.17, 15) is 9.59 Å². The second-order valence-electron chi connectivity index (χ2n) is 4.05. The third kappa shape index (κ3) is 2.87. The quantitative estimate of drug-likeness (QED) is 0.781. The molecule has 1 saturated carbocycles. The van der Waals surface area contributed by atoms with E-state index in [2.05, 4.69) is 4.98 Å². The van der Waals surface area contributed by atoms with E-state index < -0.39 is 0 Å². The van der Waals surface area contributed by atoms with Gasteiger partial charge in [-0.2, -0.15) is 0 Å². The summed E-state index contributed by atoms with van der Waals surface area (Å²) in [5, 5.41) is 0. The zero-order valence-electron chi connectivity index (χ0n) is 9.81. The molecule has 17 heavy (non-hydrogen) atoms. The third-order valence-corrected chi connectivity index (χ3v) is 2.68. The number of aromatic nitrogens is 1. The Hall–Kier alpha value is -1.78. The Morgan fingerprint density at radius 1 is 1.53 bits per heavy atom. The molecular weight excluding hydrogens is 220 g/mol. The first kappa shape index (κ1) is 11.7. The van der Waals surface area contributed by atoms with Crippen LogP contribution in [0, 0.1) is 0 Å². The van der Waals surface area contributed by atoms with Crippen molar-refractivity contribution < 1.29 is 14.3 Å². The van der Waals surface area contributed by atoms with E-state index >= 15 is 0 Å². The highest BCUT2D eigenvalue weighted by Gasteiger charge is 2.34. The number of carbonyl (C=O) groups excluding carboxylic acids is 2. The number of carbonyl (C=O) groups is 2. The molecule has 1 amide bonds. The van der Waals surface area contributed by atoms with Crippen LogP contribution in [0.4, 0.5) is 0 Å². The first-order chi connectivity index (χ1) is 8.22. The molecule has 0 bridgehead atoms. The van der Waals surface area contributed by atoms with Gasteiger partial charge in [0.05, 0.1) is 6.61 Å². The molecule has 0 atom stereocenters. The van der Waals surface area contributed by atoms with Gasteiger partial charge in [-0.05, 0) is 31.9 Å². The van der Waals surface area contributed by atoms with Gasteiger partial charge in [-0.3, -0.25) is 9.59 Å². The molecule has 0 radical (unpaired) electrons. The number of hydrogen-bond acceptors (Lipinski definition) is 3. The molecule has 1 N–H and O–H groups in total. The summed E-state index contributed by atoms with van der Waals surface area (Å²) in [6, 6.07) is 3.67. The molecule has 0 aromatic carbocycles. The second-order valence-corrected chi connectivity index (χ2v) is 4.05. The Morgan fingerprint density at radius 2 is 2.29 bits per heavy atom. The second kappa shape index (κ2) is 5.03. The summed E-state index contributed by atoms with van der Waals surface area (Å²) in [5.74, 6) is -0.482. The molecular formula is C12H16N2O3. The summed E-state index contributed by atoms with van der Waals surface area (Å²) >= 11 is 0. The maximum absolute atomic E-state index is 12.1. The number of nitrogens with zero attached hydrogens (tertiary/aromatic N) is 1. The number of hydrogen-bond donors (Lipinski definition) is 1. The van der Waals surface area contributed by atoms with Crippen molar-refractivity contribution in [1.82, 2.24) is 9.88 Å². The molecule has 1 fully saturated rings. The average molecular weight is 236 g/mol. The lowest BCUT2D eigenvalue weighted by atomic mass is 10.3. The predicted octanol–water partition coefficient (Wildman–Crippen LogP) is 1.18. The number of ether oxygens (including phenoxy) is 1. The van der Waals surface area contributed by atoms with E-state index in [1.165, 1.54) is 0 Å². The van der Waals surface area contributed by atoms with E-state index in [0.29, 0.717) is 12.3 Å². The van der Waals surface area contributed by atoms with E-state index in [1.54, 1.807) is 30.2 Å². The number of rotatable bonds is 5. The van der Waals surface area contributed by atoms with Crippen molar-refractivity contribution in [3.05, 3.63) is 24.0 Å². The summed E-state index contributed by atoms with van der Waals surface area (Å²) in [5.41, 5.74) is 0.515. The summed E-state index contributed by atoms with van der Waals surface area (Å²) < 4.78 is 4.87. The van der Waals surface area contributed by atoms with Crippen LogP contribution in [0.15, 0.2) is 18.3 Å². The van der Waals surface area contributed by atoms with Crippen LogP contribution in [0.3, 0.4) is 0 Å². The van der Waals surface area contributed by atoms with Gasteiger partial charge in [0.1, 0.15) is 12.2 Å². The Labute approximate surface area is 99.8 Å². The van der Waals surface area contributed by atoms with Crippen molar-refractivity contribution in [2.45, 2.75) is 25.8 Å². The van der Waals surface area contributed by atoms with Gasteiger partial charge in [-0.15, -0.1) is 0 Å². The zero-order valence-corrected chi connectivity index (χ0v) is 9.81. The maximum Gasteiger partial charge on any atom is 0.325 e. The highest BCUT2D eigenvalue weighted by molar-refractivity contribution is 5.94. The number of H-pyrrole nitrogens is 1. The first-order valence-corrected chi connectivity index (χ1v) is 5.82. The third-order valence-electron chi connectivity index (χ3n) is 2.68. The van der Waals surface area contributed by atoms with Crippen molar-refractivity contribution in [1.29, 1.82) is 0 Å². The fourth-order valence-electron chi connectivity index (χ4n) is 1.72. The van der Waals surface area contributed by atoms with Gasteiger partial charge in [0.15, 0.2) is 0 Å². The summed E-state index contributed by atoms with van der Waals surface area (Å²) in [6.07, 6.45) is 3.63. The van der Waals surface area contributed by atoms with E-state index in [1.807, 2.05) is 0 Å². The molecule has 0 saturated heterocycles. The molecule has 1 aliphatic carbocycles. The smallest absolute Gasteiger partial charge is 0.325 e. The Bertz CT molecular complexity index is 396. The minimum Gasteiger partial charge on any atom is -0.465 e. The molecule has 1 aromatic rings. The molecule has 1 aliphatic rings. The SMILES string of the molecule is CCOC(=O)CN(C(=O)c1ccc[nH]1)C1CC1. The van der Waals surface area contributed by atoms with E-state index in [0.717, 1.165) is 12.8 Å². The molecule has 92 valence electrons. The first-order valence-electron chi connectivity index (χ1n) is 5.82. The fourth-order valence-corrected chi connectivity index (χ4v) is 1.72. The van der Waals surface area contributed by atoms with Crippen molar-refractivity contribution in [2.75, 3.05) is 13.2 Å². The zero-order chi connectivity index (χ0) is 12.3. The van der Waals surface area contributed by atoms with Crippen LogP contribution >= 0.6 is 0 Å². The van der Waals surface area contributed by atoms with E-state index in [4.69, 9.17) is 4.74 Å². The van der Waals surface area contributed by atoms with E-state index in [-0.39, 0.29) is 24.5 Å². The van der Waals surface area contributed by atoms with Gasteiger partial charge in [0.25, 0.3) is 5.91 Å². The van der Waals surface area contributed by atoms with Crippen LogP contribution in [0.25, 0.3) is 0 Å². The molecule has 0 spiro atoms. The van der Waals surface area contributed by atoms with Crippen molar-refractivity contribution in [3.63, 3.8) is 0 Å². The standard InChI is InChI=1S/C12H16N2O3/c1-2-17-11(15)8-14(9-5-6-9)12(16)10-4-3-7-13-10/h3-4,7,9,13H,2,5-6,8H2,1H3. The van der Waals surface area contributed by atoms with Crippen LogP contribution in [-0.2, 0) is 9.53 Å². The minimum absolute atomic E-state index is 0.0381. The predicted molar refractivity (Wildman–Crippen MR) is 61.5 cm³/mol. The summed E-state index contributed by atoms with van der Waals surface area (Å²) in [4.78, 5) is 28.0. The van der Waals surface area contributed by atoms with Gasteiger partial charge in [-0.25, -0.2) is 0 Å². The fraction of sp³-hybridized carbons (Fsp3) is 0.500. The number of nitrogens with one attached hydrogen (secondary N) is 1. The van der Waals surface area contributed by atoms with Gasteiger partial charge >= 0.3 is 5.97 Å². The lowest BCUT2D eigenvalue weighted by Gasteiger charge is -2.20. The average Bonchev–Trinajstić information content (AvgIpc) is 3.00. The monoisotopic (exact) mass is 236 g/mol. The number of esters is 1. The van der Waals surface area contributed by atoms with Crippen LogP contribution in [0.1, 0.15) is 30.3 Å². The van der Waals surface area contributed by atoms with Gasteiger partial charge in [-0.1, -0.05) is 0 Å². The number of amides is 1. The summed E-state index contributed by atoms with van der Waals surface area (Å²) in [7, 11) is 0. The van der Waals surface area contributed by atoms with Crippen LogP contribution < -0.4 is 0 Å². The van der Waals surface area contributed by atoms with Crippen molar-refractivity contribution in [2.24, 2.45) is 0 Å². The Morgan fingerprint density at radius 3 is 2.82 bits per heavy atom. The summed E-state index contributed by atoms with van der Waals surface area (Å²) in [6.45, 7) is 2.14. The molecule has 1 heterocycles. The normalized spacial score (nSPS) is 14.4. The lowest BCUT2D eigenvalue weighted by molar-refractivity contribution is -0.144. The van der Waals surface area contributed by atoms with Crippen molar-refractivity contribution >= 4 is 11.9 Å². The Kier molecular flexibility index (Phi) is 3.46. The lowest BCUT2D eigenvalue weighted by Crippen LogP contribution is -2.38. The van der Waals surface area contributed by atoms with Crippen LogP contribution in [0.2, 0.25) is 0 Å². The largest absolute Gasteiger partial charge is 0.465 e. The minimum atomic E-state index is -0.348. The van der Waals surface area contributed by atoms with Crippen molar-refractivity contribution in [3.8, 4) is 0 Å². The highest BCUT2D eigenvalue weighted by Crippen LogP contribution is 2.27. The molecule has 0 aliphatic heterocycles.